The van der Waals surface area contributed by atoms with Crippen LogP contribution in [0.15, 0.2) is 88.7 Å². The van der Waals surface area contributed by atoms with Crippen LogP contribution in [0, 0.1) is 0 Å². The van der Waals surface area contributed by atoms with E-state index in [1.54, 1.807) is 66.7 Å². The summed E-state index contributed by atoms with van der Waals surface area (Å²) in [4.78, 5) is 13.3. The lowest BCUT2D eigenvalue weighted by molar-refractivity contribution is 0.104. The van der Waals surface area contributed by atoms with Gasteiger partial charge in [-0.1, -0.05) is 48.0 Å². The number of sulfone groups is 1. The van der Waals surface area contributed by atoms with E-state index < -0.39 is 15.6 Å². The number of methoxy groups -OCH3 is 1. The van der Waals surface area contributed by atoms with E-state index in [2.05, 4.69) is 5.32 Å². The molecule has 0 atom stereocenters. The molecule has 0 radical (unpaired) electrons. The van der Waals surface area contributed by atoms with E-state index in [-0.39, 0.29) is 25.4 Å². The molecular formula is C24H19ClN2O4S2. The molecule has 168 valence electrons. The molecule has 0 saturated carbocycles. The van der Waals surface area contributed by atoms with Crippen LogP contribution in [-0.2, 0) is 9.84 Å². The number of nitrogens with one attached hydrogen (secondary N) is 1. The SMILES string of the molecule is COc1cccc(C(=O)c2sc(Nc3cccc(Cl)c3)c(S(=O)(=O)c3ccccc3)c2N)c1. The number of anilines is 3. The second-order valence-electron chi connectivity index (χ2n) is 7.02. The lowest BCUT2D eigenvalue weighted by Gasteiger charge is -2.10. The maximum atomic E-state index is 13.5. The van der Waals surface area contributed by atoms with E-state index in [1.807, 2.05) is 0 Å². The summed E-state index contributed by atoms with van der Waals surface area (Å²) >= 11 is 7.06. The number of rotatable bonds is 7. The van der Waals surface area contributed by atoms with E-state index in [0.717, 1.165) is 11.3 Å². The number of thiophene rings is 1. The fourth-order valence-corrected chi connectivity index (χ4v) is 6.40. The Morgan fingerprint density at radius 2 is 1.73 bits per heavy atom. The highest BCUT2D eigenvalue weighted by atomic mass is 35.5. The van der Waals surface area contributed by atoms with Crippen LogP contribution >= 0.6 is 22.9 Å². The van der Waals surface area contributed by atoms with Crippen LogP contribution in [0.3, 0.4) is 0 Å². The fraction of sp³-hybridized carbons (Fsp3) is 0.0417. The molecular weight excluding hydrogens is 480 g/mol. The van der Waals surface area contributed by atoms with E-state index in [4.69, 9.17) is 22.1 Å². The molecule has 3 aromatic carbocycles. The summed E-state index contributed by atoms with van der Waals surface area (Å²) in [6.45, 7) is 0. The van der Waals surface area contributed by atoms with Gasteiger partial charge in [-0.05, 0) is 42.5 Å². The highest BCUT2D eigenvalue weighted by molar-refractivity contribution is 7.92. The van der Waals surface area contributed by atoms with Crippen LogP contribution in [0.25, 0.3) is 0 Å². The molecule has 0 unspecified atom stereocenters. The van der Waals surface area contributed by atoms with Gasteiger partial charge in [0.25, 0.3) is 0 Å². The maximum Gasteiger partial charge on any atom is 0.211 e. The van der Waals surface area contributed by atoms with Crippen molar-refractivity contribution in [3.8, 4) is 5.75 Å². The van der Waals surface area contributed by atoms with Gasteiger partial charge in [0.1, 0.15) is 20.5 Å². The third kappa shape index (κ3) is 4.59. The monoisotopic (exact) mass is 498 g/mol. The van der Waals surface area contributed by atoms with Crippen molar-refractivity contribution in [1.29, 1.82) is 0 Å². The molecule has 0 saturated heterocycles. The lowest BCUT2D eigenvalue weighted by Crippen LogP contribution is -2.08. The summed E-state index contributed by atoms with van der Waals surface area (Å²) in [6, 6.07) is 21.4. The fourth-order valence-electron chi connectivity index (χ4n) is 3.26. The molecule has 0 aliphatic rings. The van der Waals surface area contributed by atoms with Gasteiger partial charge in [0.15, 0.2) is 0 Å². The zero-order chi connectivity index (χ0) is 23.6. The number of hydrogen-bond donors (Lipinski definition) is 2. The zero-order valence-electron chi connectivity index (χ0n) is 17.4. The third-order valence-corrected chi connectivity index (χ3v) is 8.18. The van der Waals surface area contributed by atoms with Crippen molar-refractivity contribution in [1.82, 2.24) is 0 Å². The molecule has 0 amide bonds. The number of ether oxygens (including phenoxy) is 1. The van der Waals surface area contributed by atoms with Crippen LogP contribution in [0.1, 0.15) is 15.2 Å². The predicted molar refractivity (Wildman–Crippen MR) is 132 cm³/mol. The lowest BCUT2D eigenvalue weighted by atomic mass is 10.1. The third-order valence-electron chi connectivity index (χ3n) is 4.84. The van der Waals surface area contributed by atoms with Crippen molar-refractivity contribution in [2.75, 3.05) is 18.2 Å². The van der Waals surface area contributed by atoms with Crippen molar-refractivity contribution in [3.05, 3.63) is 94.3 Å². The number of ketones is 1. The second kappa shape index (κ2) is 9.27. The zero-order valence-corrected chi connectivity index (χ0v) is 19.8. The Balaban J connectivity index is 1.88. The van der Waals surface area contributed by atoms with Crippen molar-refractivity contribution >= 4 is 54.9 Å². The molecule has 6 nitrogen and oxygen atoms in total. The van der Waals surface area contributed by atoms with Crippen LogP contribution in [0.2, 0.25) is 5.02 Å². The van der Waals surface area contributed by atoms with Crippen molar-refractivity contribution in [2.24, 2.45) is 0 Å². The number of hydrogen-bond acceptors (Lipinski definition) is 7. The Labute approximate surface area is 200 Å². The number of halogens is 1. The molecule has 9 heteroatoms. The molecule has 1 aromatic heterocycles. The molecule has 0 aliphatic heterocycles. The standard InChI is InChI=1S/C24H19ClN2O4S2/c1-31-18-10-5-7-15(13-18)21(28)22-20(26)23(33(29,30)19-11-3-2-4-12-19)24(32-22)27-17-9-6-8-16(25)14-17/h2-14,27H,26H2,1H3. The van der Waals surface area contributed by atoms with Gasteiger partial charge >= 0.3 is 0 Å². The summed E-state index contributed by atoms with van der Waals surface area (Å²) in [6.07, 6.45) is 0. The molecule has 0 spiro atoms. The molecule has 33 heavy (non-hydrogen) atoms. The smallest absolute Gasteiger partial charge is 0.211 e. The molecule has 3 N–H and O–H groups in total. The largest absolute Gasteiger partial charge is 0.497 e. The van der Waals surface area contributed by atoms with E-state index in [9.17, 15) is 13.2 Å². The Morgan fingerprint density at radius 1 is 1.00 bits per heavy atom. The Morgan fingerprint density at radius 3 is 2.42 bits per heavy atom. The first-order valence-corrected chi connectivity index (χ1v) is 12.4. The average Bonchev–Trinajstić information content (AvgIpc) is 3.15. The average molecular weight is 499 g/mol. The van der Waals surface area contributed by atoms with Crippen LogP contribution in [0.4, 0.5) is 16.4 Å². The quantitative estimate of drug-likeness (QED) is 0.312. The summed E-state index contributed by atoms with van der Waals surface area (Å²) in [5.74, 6) is 0.102. The van der Waals surface area contributed by atoms with Gasteiger partial charge in [0.05, 0.1) is 17.7 Å². The molecule has 0 bridgehead atoms. The number of benzene rings is 3. The Kier molecular flexibility index (Phi) is 6.42. The number of carbonyl (C=O) groups is 1. The first-order valence-electron chi connectivity index (χ1n) is 9.75. The predicted octanol–water partition coefficient (Wildman–Crippen LogP) is 5.80. The minimum absolute atomic E-state index is 0.0732. The van der Waals surface area contributed by atoms with Gasteiger partial charge in [-0.3, -0.25) is 4.79 Å². The first kappa shape index (κ1) is 22.8. The van der Waals surface area contributed by atoms with Crippen LogP contribution in [-0.4, -0.2) is 21.3 Å². The van der Waals surface area contributed by atoms with Gasteiger partial charge in [0, 0.05) is 16.3 Å². The van der Waals surface area contributed by atoms with Gasteiger partial charge in [-0.15, -0.1) is 11.3 Å². The van der Waals surface area contributed by atoms with Crippen molar-refractivity contribution in [3.63, 3.8) is 0 Å². The Bertz CT molecular complexity index is 1430. The first-order chi connectivity index (χ1) is 15.8. The van der Waals surface area contributed by atoms with Crippen molar-refractivity contribution < 1.29 is 17.9 Å². The van der Waals surface area contributed by atoms with E-state index in [0.29, 0.717) is 22.0 Å². The maximum absolute atomic E-state index is 13.5. The molecule has 0 aliphatic carbocycles. The molecule has 4 aromatic rings. The van der Waals surface area contributed by atoms with E-state index >= 15 is 0 Å². The number of nitrogens with two attached hydrogens (primary N) is 1. The minimum atomic E-state index is -4.03. The summed E-state index contributed by atoms with van der Waals surface area (Å²) in [7, 11) is -2.52. The molecule has 4 rings (SSSR count). The van der Waals surface area contributed by atoms with Gasteiger partial charge in [-0.25, -0.2) is 8.42 Å². The summed E-state index contributed by atoms with van der Waals surface area (Å²) in [5.41, 5.74) is 7.12. The minimum Gasteiger partial charge on any atom is -0.497 e. The summed E-state index contributed by atoms with van der Waals surface area (Å²) in [5, 5.41) is 3.78. The molecule has 1 heterocycles. The van der Waals surface area contributed by atoms with Gasteiger partial charge in [0.2, 0.25) is 15.6 Å². The van der Waals surface area contributed by atoms with Crippen LogP contribution < -0.4 is 15.8 Å². The number of carbonyl (C=O) groups excluding carboxylic acids is 1. The second-order valence-corrected chi connectivity index (χ2v) is 10.4. The van der Waals surface area contributed by atoms with Crippen LogP contribution in [0.5, 0.6) is 5.75 Å². The molecule has 0 fully saturated rings. The van der Waals surface area contributed by atoms with E-state index in [1.165, 1.54) is 19.2 Å². The Hall–Kier alpha value is -3.33. The highest BCUT2D eigenvalue weighted by Crippen LogP contribution is 2.44. The van der Waals surface area contributed by atoms with Gasteiger partial charge in [-0.2, -0.15) is 0 Å². The van der Waals surface area contributed by atoms with Crippen molar-refractivity contribution in [2.45, 2.75) is 9.79 Å². The topological polar surface area (TPSA) is 98.5 Å². The highest BCUT2D eigenvalue weighted by Gasteiger charge is 2.31. The van der Waals surface area contributed by atoms with Gasteiger partial charge < -0.3 is 15.8 Å². The normalized spacial score (nSPS) is 11.2. The summed E-state index contributed by atoms with van der Waals surface area (Å²) < 4.78 is 32.3. The number of nitrogen functional groups attached to an aromatic ring is 1.